The minimum atomic E-state index is -0.380. The maximum absolute atomic E-state index is 13.9. The van der Waals surface area contributed by atoms with Crippen molar-refractivity contribution in [2.45, 2.75) is 65.5 Å². The van der Waals surface area contributed by atoms with Crippen molar-refractivity contribution < 1.29 is 28.5 Å². The molecule has 0 bridgehead atoms. The Labute approximate surface area is 201 Å². The van der Waals surface area contributed by atoms with E-state index in [9.17, 15) is 9.59 Å². The zero-order valence-electron chi connectivity index (χ0n) is 21.1. The van der Waals surface area contributed by atoms with Crippen LogP contribution in [0.1, 0.15) is 76.7 Å². The fourth-order valence-electron chi connectivity index (χ4n) is 4.73. The average molecular weight is 473 g/mol. The van der Waals surface area contributed by atoms with Crippen LogP contribution in [-0.4, -0.2) is 55.7 Å². The Morgan fingerprint density at radius 2 is 1.62 bits per heavy atom. The summed E-state index contributed by atoms with van der Waals surface area (Å²) in [6, 6.07) is 3.50. The van der Waals surface area contributed by atoms with Crippen molar-refractivity contribution in [1.29, 1.82) is 0 Å². The van der Waals surface area contributed by atoms with Gasteiger partial charge in [-0.3, -0.25) is 4.79 Å². The number of esters is 1. The summed E-state index contributed by atoms with van der Waals surface area (Å²) in [5.41, 5.74) is 3.53. The second-order valence-corrected chi connectivity index (χ2v) is 8.59. The van der Waals surface area contributed by atoms with Crippen molar-refractivity contribution in [3.63, 3.8) is 0 Å². The number of hydrogen-bond donors (Lipinski definition) is 1. The van der Waals surface area contributed by atoms with Gasteiger partial charge < -0.3 is 28.8 Å². The average Bonchev–Trinajstić information content (AvgIpc) is 3.14. The molecule has 0 radical (unpaired) electrons. The number of methoxy groups -OCH3 is 3. The van der Waals surface area contributed by atoms with Crippen molar-refractivity contribution in [2.24, 2.45) is 0 Å². The Morgan fingerprint density at radius 1 is 1.00 bits per heavy atom. The molecule has 1 saturated carbocycles. The molecule has 8 heteroatoms. The summed E-state index contributed by atoms with van der Waals surface area (Å²) >= 11 is 0. The van der Waals surface area contributed by atoms with Crippen LogP contribution in [0, 0.1) is 13.8 Å². The molecule has 1 aromatic carbocycles. The summed E-state index contributed by atoms with van der Waals surface area (Å²) in [6.07, 6.45) is 5.25. The quantitative estimate of drug-likeness (QED) is 0.527. The van der Waals surface area contributed by atoms with E-state index in [1.165, 1.54) is 27.8 Å². The van der Waals surface area contributed by atoms with Gasteiger partial charge in [-0.1, -0.05) is 19.3 Å². The zero-order chi connectivity index (χ0) is 24.8. The van der Waals surface area contributed by atoms with Gasteiger partial charge in [0.15, 0.2) is 11.5 Å². The van der Waals surface area contributed by atoms with Crippen LogP contribution in [0.3, 0.4) is 0 Å². The van der Waals surface area contributed by atoms with Crippen LogP contribution in [0.15, 0.2) is 12.1 Å². The predicted octanol–water partition coefficient (Wildman–Crippen LogP) is 4.81. The van der Waals surface area contributed by atoms with E-state index < -0.39 is 0 Å². The van der Waals surface area contributed by atoms with Gasteiger partial charge in [-0.25, -0.2) is 4.79 Å². The van der Waals surface area contributed by atoms with E-state index in [4.69, 9.17) is 18.9 Å². The number of nitrogens with zero attached hydrogens (tertiary/aromatic N) is 1. The van der Waals surface area contributed by atoms with Crippen LogP contribution in [0.5, 0.6) is 17.2 Å². The molecule has 0 aliphatic heterocycles. The molecule has 8 nitrogen and oxygen atoms in total. The molecule has 1 aliphatic carbocycles. The highest BCUT2D eigenvalue weighted by Gasteiger charge is 2.30. The Balaban J connectivity index is 2.02. The summed E-state index contributed by atoms with van der Waals surface area (Å²) in [5, 5.41) is 0. The largest absolute Gasteiger partial charge is 0.493 e. The predicted molar refractivity (Wildman–Crippen MR) is 129 cm³/mol. The fourth-order valence-corrected chi connectivity index (χ4v) is 4.73. The Bertz CT molecular complexity index is 998. The minimum Gasteiger partial charge on any atom is -0.493 e. The molecule has 3 rings (SSSR count). The summed E-state index contributed by atoms with van der Waals surface area (Å²) in [6.45, 7) is 6.31. The first-order chi connectivity index (χ1) is 16.4. The molecular weight excluding hydrogens is 436 g/mol. The maximum Gasteiger partial charge on any atom is 0.355 e. The Morgan fingerprint density at radius 3 is 2.15 bits per heavy atom. The van der Waals surface area contributed by atoms with Crippen LogP contribution in [-0.2, 0) is 11.3 Å². The number of benzene rings is 1. The summed E-state index contributed by atoms with van der Waals surface area (Å²) in [4.78, 5) is 31.4. The van der Waals surface area contributed by atoms with Crippen molar-refractivity contribution >= 4 is 11.9 Å². The van der Waals surface area contributed by atoms with Gasteiger partial charge in [-0.15, -0.1) is 0 Å². The van der Waals surface area contributed by atoms with Gasteiger partial charge in [0.2, 0.25) is 5.75 Å². The highest BCUT2D eigenvalue weighted by molar-refractivity contribution is 5.96. The number of aryl methyl sites for hydroxylation is 1. The molecule has 0 spiro atoms. The number of H-pyrrole nitrogens is 1. The number of carbonyl (C=O) groups is 2. The van der Waals surface area contributed by atoms with E-state index in [0.29, 0.717) is 41.7 Å². The minimum absolute atomic E-state index is 0.108. The molecule has 1 amide bonds. The number of hydrogen-bond acceptors (Lipinski definition) is 6. The van der Waals surface area contributed by atoms with E-state index in [0.717, 1.165) is 42.5 Å². The molecule has 1 aromatic heterocycles. The zero-order valence-corrected chi connectivity index (χ0v) is 21.1. The lowest BCUT2D eigenvalue weighted by Gasteiger charge is -2.35. The molecule has 1 fully saturated rings. The number of aromatic amines is 1. The van der Waals surface area contributed by atoms with E-state index in [1.54, 1.807) is 19.1 Å². The van der Waals surface area contributed by atoms with Crippen molar-refractivity contribution in [2.75, 3.05) is 27.9 Å². The first kappa shape index (κ1) is 25.5. The van der Waals surface area contributed by atoms with Gasteiger partial charge in [0.25, 0.3) is 5.91 Å². The van der Waals surface area contributed by atoms with Crippen LogP contribution < -0.4 is 14.2 Å². The topological polar surface area (TPSA) is 90.1 Å². The Kier molecular flexibility index (Phi) is 8.47. The van der Waals surface area contributed by atoms with E-state index >= 15 is 0 Å². The third-order valence-corrected chi connectivity index (χ3v) is 6.59. The van der Waals surface area contributed by atoms with Gasteiger partial charge in [-0.05, 0) is 56.9 Å². The summed E-state index contributed by atoms with van der Waals surface area (Å²) in [7, 11) is 4.61. The lowest BCUT2D eigenvalue weighted by Crippen LogP contribution is -2.41. The first-order valence-corrected chi connectivity index (χ1v) is 11.8. The summed E-state index contributed by atoms with van der Waals surface area (Å²) < 4.78 is 21.6. The van der Waals surface area contributed by atoms with Crippen molar-refractivity contribution in [3.8, 4) is 17.2 Å². The van der Waals surface area contributed by atoms with Crippen molar-refractivity contribution in [1.82, 2.24) is 9.88 Å². The van der Waals surface area contributed by atoms with Gasteiger partial charge in [-0.2, -0.15) is 0 Å². The maximum atomic E-state index is 13.9. The lowest BCUT2D eigenvalue weighted by atomic mass is 9.93. The van der Waals surface area contributed by atoms with Crippen LogP contribution in [0.2, 0.25) is 0 Å². The number of amides is 1. The van der Waals surface area contributed by atoms with Gasteiger partial charge >= 0.3 is 5.97 Å². The fraction of sp³-hybridized carbons (Fsp3) is 0.538. The molecule has 186 valence electrons. The van der Waals surface area contributed by atoms with E-state index in [2.05, 4.69) is 4.98 Å². The molecule has 1 heterocycles. The molecule has 1 aliphatic rings. The van der Waals surface area contributed by atoms with Crippen LogP contribution in [0.4, 0.5) is 0 Å². The number of nitrogens with one attached hydrogen (secondary N) is 1. The number of carbonyl (C=O) groups excluding carboxylic acids is 2. The van der Waals surface area contributed by atoms with E-state index in [1.807, 2.05) is 18.7 Å². The number of aromatic nitrogens is 1. The molecule has 1 N–H and O–H groups in total. The molecular formula is C26H36N2O6. The second-order valence-electron chi connectivity index (χ2n) is 8.59. The van der Waals surface area contributed by atoms with Gasteiger partial charge in [0.1, 0.15) is 5.69 Å². The number of ether oxygens (including phenoxy) is 4. The van der Waals surface area contributed by atoms with Crippen LogP contribution >= 0.6 is 0 Å². The third kappa shape index (κ3) is 5.16. The third-order valence-electron chi connectivity index (χ3n) is 6.59. The standard InChI is InChI=1S/C26H36N2O6/c1-7-34-26(30)23-16(2)20(17(3)27-23)15-28(19-11-9-8-10-12-19)25(29)18-13-21(31-4)24(33-6)22(14-18)32-5/h13-14,19,27H,7-12,15H2,1-6H3. The van der Waals surface area contributed by atoms with Gasteiger partial charge in [0.05, 0.1) is 27.9 Å². The van der Waals surface area contributed by atoms with Gasteiger partial charge in [0, 0.05) is 23.8 Å². The molecule has 0 atom stereocenters. The molecule has 34 heavy (non-hydrogen) atoms. The molecule has 2 aromatic rings. The van der Waals surface area contributed by atoms with E-state index in [-0.39, 0.29) is 17.9 Å². The lowest BCUT2D eigenvalue weighted by molar-refractivity contribution is 0.0519. The van der Waals surface area contributed by atoms with Crippen LogP contribution in [0.25, 0.3) is 0 Å². The Hall–Kier alpha value is -3.16. The number of rotatable bonds is 9. The second kappa shape index (κ2) is 11.3. The molecule has 0 unspecified atom stereocenters. The van der Waals surface area contributed by atoms with Crippen molar-refractivity contribution in [3.05, 3.63) is 40.2 Å². The monoisotopic (exact) mass is 472 g/mol. The molecule has 0 saturated heterocycles. The highest BCUT2D eigenvalue weighted by atomic mass is 16.5. The normalized spacial score (nSPS) is 13.9. The summed E-state index contributed by atoms with van der Waals surface area (Å²) in [5.74, 6) is 0.834. The first-order valence-electron chi connectivity index (χ1n) is 11.8. The highest BCUT2D eigenvalue weighted by Crippen LogP contribution is 2.39. The smallest absolute Gasteiger partial charge is 0.355 e. The SMILES string of the molecule is CCOC(=O)c1[nH]c(C)c(CN(C(=O)c2cc(OC)c(OC)c(OC)c2)C2CCCCC2)c1C.